The molecule has 2 aromatic carbocycles. The molecule has 0 bridgehead atoms. The van der Waals surface area contributed by atoms with Crippen LogP contribution in [0.3, 0.4) is 0 Å². The summed E-state index contributed by atoms with van der Waals surface area (Å²) in [5, 5.41) is 2.85. The van der Waals surface area contributed by atoms with Gasteiger partial charge < -0.3 is 15.0 Å². The van der Waals surface area contributed by atoms with Crippen LogP contribution in [-0.4, -0.2) is 43.0 Å². The Kier molecular flexibility index (Phi) is 4.91. The van der Waals surface area contributed by atoms with E-state index in [4.69, 9.17) is 4.74 Å². The molecule has 2 aromatic rings. The number of rotatable bonds is 3. The minimum Gasteiger partial charge on any atom is -0.378 e. The Labute approximate surface area is 141 Å². The average molecular weight is 324 g/mol. The van der Waals surface area contributed by atoms with Crippen LogP contribution in [-0.2, 0) is 4.74 Å². The van der Waals surface area contributed by atoms with Crippen LogP contribution in [0.1, 0.15) is 26.3 Å². The zero-order chi connectivity index (χ0) is 16.9. The van der Waals surface area contributed by atoms with Crippen molar-refractivity contribution in [1.82, 2.24) is 4.90 Å². The van der Waals surface area contributed by atoms with Crippen LogP contribution in [0.4, 0.5) is 5.69 Å². The van der Waals surface area contributed by atoms with Crippen molar-refractivity contribution >= 4 is 17.5 Å². The quantitative estimate of drug-likeness (QED) is 0.944. The Hall–Kier alpha value is -2.66. The summed E-state index contributed by atoms with van der Waals surface area (Å²) in [6.45, 7) is 4.27. The number of carbonyl (C=O) groups is 2. The fourth-order valence-electron chi connectivity index (χ4n) is 2.58. The molecule has 1 aliphatic rings. The van der Waals surface area contributed by atoms with Gasteiger partial charge in [0.25, 0.3) is 11.8 Å². The van der Waals surface area contributed by atoms with Crippen molar-refractivity contribution < 1.29 is 14.3 Å². The maximum atomic E-state index is 12.5. The molecule has 1 heterocycles. The van der Waals surface area contributed by atoms with Gasteiger partial charge in [-0.1, -0.05) is 23.8 Å². The number of hydrogen-bond acceptors (Lipinski definition) is 3. The molecule has 2 amide bonds. The molecular weight excluding hydrogens is 304 g/mol. The Morgan fingerprint density at radius 2 is 1.67 bits per heavy atom. The van der Waals surface area contributed by atoms with Crippen molar-refractivity contribution in [2.45, 2.75) is 6.92 Å². The molecule has 3 rings (SSSR count). The van der Waals surface area contributed by atoms with Crippen molar-refractivity contribution in [2.75, 3.05) is 31.6 Å². The predicted molar refractivity (Wildman–Crippen MR) is 92.3 cm³/mol. The summed E-state index contributed by atoms with van der Waals surface area (Å²) in [5.41, 5.74) is 2.85. The fraction of sp³-hybridized carbons (Fsp3) is 0.263. The number of carbonyl (C=O) groups excluding carboxylic acids is 2. The third-order valence-electron chi connectivity index (χ3n) is 3.98. The van der Waals surface area contributed by atoms with Gasteiger partial charge >= 0.3 is 0 Å². The highest BCUT2D eigenvalue weighted by Gasteiger charge is 2.19. The van der Waals surface area contributed by atoms with Crippen LogP contribution >= 0.6 is 0 Å². The van der Waals surface area contributed by atoms with E-state index < -0.39 is 0 Å². The molecule has 124 valence electrons. The van der Waals surface area contributed by atoms with Crippen molar-refractivity contribution in [2.24, 2.45) is 0 Å². The first kappa shape index (κ1) is 16.2. The molecule has 0 aliphatic carbocycles. The molecule has 24 heavy (non-hydrogen) atoms. The lowest BCUT2D eigenvalue weighted by Gasteiger charge is -2.27. The molecule has 0 aromatic heterocycles. The molecule has 0 atom stereocenters. The van der Waals surface area contributed by atoms with E-state index in [0.29, 0.717) is 37.4 Å². The molecule has 1 fully saturated rings. The van der Waals surface area contributed by atoms with Gasteiger partial charge in [-0.3, -0.25) is 9.59 Å². The number of hydrogen-bond donors (Lipinski definition) is 1. The largest absolute Gasteiger partial charge is 0.378 e. The second-order valence-corrected chi connectivity index (χ2v) is 5.81. The topological polar surface area (TPSA) is 58.6 Å². The first-order valence-corrected chi connectivity index (χ1v) is 7.98. The summed E-state index contributed by atoms with van der Waals surface area (Å²) < 4.78 is 5.26. The summed E-state index contributed by atoms with van der Waals surface area (Å²) in [5.74, 6) is -0.293. The third kappa shape index (κ3) is 3.81. The van der Waals surface area contributed by atoms with Gasteiger partial charge in [-0.25, -0.2) is 0 Å². The molecular formula is C19H20N2O3. The van der Waals surface area contributed by atoms with Gasteiger partial charge in [0.15, 0.2) is 0 Å². The van der Waals surface area contributed by atoms with Gasteiger partial charge in [-0.05, 0) is 37.3 Å². The van der Waals surface area contributed by atoms with E-state index in [1.165, 1.54) is 0 Å². The molecule has 1 aliphatic heterocycles. The van der Waals surface area contributed by atoms with Crippen LogP contribution < -0.4 is 5.32 Å². The van der Waals surface area contributed by atoms with Crippen molar-refractivity contribution in [1.29, 1.82) is 0 Å². The number of benzene rings is 2. The molecule has 5 nitrogen and oxygen atoms in total. The molecule has 5 heteroatoms. The Balaban J connectivity index is 1.73. The smallest absolute Gasteiger partial charge is 0.255 e. The van der Waals surface area contributed by atoms with Crippen LogP contribution in [0.2, 0.25) is 0 Å². The Morgan fingerprint density at radius 3 is 2.38 bits per heavy atom. The molecule has 0 spiro atoms. The molecule has 1 saturated heterocycles. The standard InChI is InChI=1S/C19H20N2O3/c1-14-5-7-17(8-6-14)20-18(22)15-3-2-4-16(13-15)19(23)21-9-11-24-12-10-21/h2-8,13H,9-12H2,1H3,(H,20,22). The van der Waals surface area contributed by atoms with Crippen molar-refractivity contribution in [3.8, 4) is 0 Å². The maximum Gasteiger partial charge on any atom is 0.255 e. The van der Waals surface area contributed by atoms with Gasteiger partial charge in [-0.15, -0.1) is 0 Å². The lowest BCUT2D eigenvalue weighted by Crippen LogP contribution is -2.40. The van der Waals surface area contributed by atoms with E-state index in [1.54, 1.807) is 29.2 Å². The molecule has 0 unspecified atom stereocenters. The number of amides is 2. The highest BCUT2D eigenvalue weighted by molar-refractivity contribution is 6.06. The van der Waals surface area contributed by atoms with E-state index in [2.05, 4.69) is 5.32 Å². The number of morpholine rings is 1. The normalized spacial score (nSPS) is 14.3. The molecule has 0 radical (unpaired) electrons. The second kappa shape index (κ2) is 7.27. The summed E-state index contributed by atoms with van der Waals surface area (Å²) in [7, 11) is 0. The van der Waals surface area contributed by atoms with Crippen LogP contribution in [0.25, 0.3) is 0 Å². The minimum atomic E-state index is -0.226. The SMILES string of the molecule is Cc1ccc(NC(=O)c2cccc(C(=O)N3CCOCC3)c2)cc1. The highest BCUT2D eigenvalue weighted by Crippen LogP contribution is 2.14. The number of ether oxygens (including phenoxy) is 1. The van der Waals surface area contributed by atoms with E-state index >= 15 is 0 Å². The van der Waals surface area contributed by atoms with Crippen LogP contribution in [0.15, 0.2) is 48.5 Å². The van der Waals surface area contributed by atoms with Gasteiger partial charge in [-0.2, -0.15) is 0 Å². The van der Waals surface area contributed by atoms with E-state index in [-0.39, 0.29) is 11.8 Å². The number of nitrogens with zero attached hydrogens (tertiary/aromatic N) is 1. The number of nitrogens with one attached hydrogen (secondary N) is 1. The monoisotopic (exact) mass is 324 g/mol. The molecule has 1 N–H and O–H groups in total. The lowest BCUT2D eigenvalue weighted by molar-refractivity contribution is 0.0303. The van der Waals surface area contributed by atoms with Crippen molar-refractivity contribution in [3.05, 3.63) is 65.2 Å². The van der Waals surface area contributed by atoms with Gasteiger partial charge in [0.1, 0.15) is 0 Å². The first-order valence-electron chi connectivity index (χ1n) is 7.98. The zero-order valence-corrected chi connectivity index (χ0v) is 13.6. The zero-order valence-electron chi connectivity index (χ0n) is 13.6. The van der Waals surface area contributed by atoms with E-state index in [1.807, 2.05) is 31.2 Å². The summed E-state index contributed by atoms with van der Waals surface area (Å²) in [6.07, 6.45) is 0. The van der Waals surface area contributed by atoms with Gasteiger partial charge in [0.05, 0.1) is 13.2 Å². The summed E-state index contributed by atoms with van der Waals surface area (Å²) in [6, 6.07) is 14.4. The summed E-state index contributed by atoms with van der Waals surface area (Å²) in [4.78, 5) is 26.7. The number of anilines is 1. The Bertz CT molecular complexity index is 735. The van der Waals surface area contributed by atoms with Crippen LogP contribution in [0.5, 0.6) is 0 Å². The second-order valence-electron chi connectivity index (χ2n) is 5.81. The average Bonchev–Trinajstić information content (AvgIpc) is 2.64. The predicted octanol–water partition coefficient (Wildman–Crippen LogP) is 2.72. The van der Waals surface area contributed by atoms with Crippen molar-refractivity contribution in [3.63, 3.8) is 0 Å². The van der Waals surface area contributed by atoms with E-state index in [0.717, 1.165) is 11.3 Å². The fourth-order valence-corrected chi connectivity index (χ4v) is 2.58. The Morgan fingerprint density at radius 1 is 1.00 bits per heavy atom. The highest BCUT2D eigenvalue weighted by atomic mass is 16.5. The molecule has 0 saturated carbocycles. The van der Waals surface area contributed by atoms with Gasteiger partial charge in [0, 0.05) is 29.9 Å². The summed E-state index contributed by atoms with van der Waals surface area (Å²) >= 11 is 0. The van der Waals surface area contributed by atoms with Gasteiger partial charge in [0.2, 0.25) is 0 Å². The number of aryl methyl sites for hydroxylation is 1. The first-order chi connectivity index (χ1) is 11.6. The van der Waals surface area contributed by atoms with E-state index in [9.17, 15) is 9.59 Å². The minimum absolute atomic E-state index is 0.0664. The maximum absolute atomic E-state index is 12.5. The van der Waals surface area contributed by atoms with Crippen LogP contribution in [0, 0.1) is 6.92 Å². The third-order valence-corrected chi connectivity index (χ3v) is 3.98. The lowest BCUT2D eigenvalue weighted by atomic mass is 10.1.